The van der Waals surface area contributed by atoms with Crippen LogP contribution >= 0.6 is 0 Å². The smallest absolute Gasteiger partial charge is 0.0726 e. The maximum absolute atomic E-state index is 5.87. The molecule has 68 valence electrons. The monoisotopic (exact) mass is 175 g/mol. The average Bonchev–Trinajstić information content (AvgIpc) is 2.48. The van der Waals surface area contributed by atoms with Crippen molar-refractivity contribution in [2.45, 2.75) is 13.0 Å². The van der Waals surface area contributed by atoms with E-state index in [1.165, 1.54) is 0 Å². The number of nitrogens with two attached hydrogens (primary N) is 1. The maximum Gasteiger partial charge on any atom is 0.0726 e. The summed E-state index contributed by atoms with van der Waals surface area (Å²) in [5.41, 5.74) is 8.15. The summed E-state index contributed by atoms with van der Waals surface area (Å²) >= 11 is 0. The van der Waals surface area contributed by atoms with Crippen LogP contribution in [0.1, 0.15) is 18.5 Å². The number of hydrogen-bond donors (Lipinski definition) is 1. The summed E-state index contributed by atoms with van der Waals surface area (Å²) in [6, 6.07) is 6.17. The lowest BCUT2D eigenvalue weighted by Crippen LogP contribution is -2.07. The second kappa shape index (κ2) is 2.85. The topological polar surface area (TPSA) is 43.8 Å². The molecule has 0 saturated heterocycles. The Balaban J connectivity index is 2.80. The van der Waals surface area contributed by atoms with Crippen LogP contribution in [-0.4, -0.2) is 9.78 Å². The molecule has 0 radical (unpaired) electrons. The first-order valence-electron chi connectivity index (χ1n) is 4.36. The van der Waals surface area contributed by atoms with Crippen LogP contribution in [0, 0.1) is 0 Å². The Labute approximate surface area is 77.2 Å². The first-order valence-corrected chi connectivity index (χ1v) is 4.36. The lowest BCUT2D eigenvalue weighted by Gasteiger charge is -2.07. The summed E-state index contributed by atoms with van der Waals surface area (Å²) in [7, 11) is 1.94. The average molecular weight is 175 g/mol. The molecule has 1 aromatic heterocycles. The molecule has 0 spiro atoms. The zero-order chi connectivity index (χ0) is 9.42. The standard InChI is InChI=1S/C10H13N3/c1-7(11)9-5-3-4-8-6-12-13(2)10(8)9/h3-7H,11H2,1-2H3. The predicted molar refractivity (Wildman–Crippen MR) is 53.3 cm³/mol. The van der Waals surface area contributed by atoms with Gasteiger partial charge in [0.25, 0.3) is 0 Å². The highest BCUT2D eigenvalue weighted by atomic mass is 15.2. The third kappa shape index (κ3) is 1.21. The van der Waals surface area contributed by atoms with E-state index < -0.39 is 0 Å². The van der Waals surface area contributed by atoms with Gasteiger partial charge < -0.3 is 5.73 Å². The van der Waals surface area contributed by atoms with E-state index in [1.54, 1.807) is 0 Å². The van der Waals surface area contributed by atoms with Gasteiger partial charge in [-0.15, -0.1) is 0 Å². The molecule has 2 N–H and O–H groups in total. The van der Waals surface area contributed by atoms with E-state index in [0.29, 0.717) is 0 Å². The number of aromatic nitrogens is 2. The summed E-state index contributed by atoms with van der Waals surface area (Å²) in [4.78, 5) is 0. The molecule has 13 heavy (non-hydrogen) atoms. The van der Waals surface area contributed by atoms with E-state index in [4.69, 9.17) is 5.73 Å². The maximum atomic E-state index is 5.87. The van der Waals surface area contributed by atoms with Crippen LogP contribution in [0.4, 0.5) is 0 Å². The van der Waals surface area contributed by atoms with Gasteiger partial charge in [0.05, 0.1) is 11.7 Å². The Kier molecular flexibility index (Phi) is 1.81. The van der Waals surface area contributed by atoms with Gasteiger partial charge in [-0.1, -0.05) is 18.2 Å². The van der Waals surface area contributed by atoms with E-state index in [1.807, 2.05) is 37.0 Å². The zero-order valence-corrected chi connectivity index (χ0v) is 7.86. The van der Waals surface area contributed by atoms with Crippen molar-refractivity contribution >= 4 is 10.9 Å². The van der Waals surface area contributed by atoms with E-state index in [-0.39, 0.29) is 6.04 Å². The fourth-order valence-corrected chi connectivity index (χ4v) is 1.63. The van der Waals surface area contributed by atoms with Gasteiger partial charge in [0.15, 0.2) is 0 Å². The molecule has 0 aliphatic carbocycles. The minimum atomic E-state index is 0.0547. The summed E-state index contributed by atoms with van der Waals surface area (Å²) in [6.07, 6.45) is 1.86. The quantitative estimate of drug-likeness (QED) is 0.715. The van der Waals surface area contributed by atoms with Crippen molar-refractivity contribution in [3.05, 3.63) is 30.0 Å². The summed E-state index contributed by atoms with van der Waals surface area (Å²) in [5.74, 6) is 0. The van der Waals surface area contributed by atoms with Gasteiger partial charge in [-0.25, -0.2) is 0 Å². The Bertz CT molecular complexity index is 429. The van der Waals surface area contributed by atoms with E-state index in [2.05, 4.69) is 11.2 Å². The Morgan fingerprint density at radius 3 is 2.92 bits per heavy atom. The van der Waals surface area contributed by atoms with Crippen LogP contribution < -0.4 is 5.73 Å². The normalized spacial score (nSPS) is 13.5. The summed E-state index contributed by atoms with van der Waals surface area (Å²) in [5, 5.41) is 5.35. The molecule has 0 amide bonds. The van der Waals surface area contributed by atoms with Crippen LogP contribution in [0.5, 0.6) is 0 Å². The van der Waals surface area contributed by atoms with Gasteiger partial charge in [0.1, 0.15) is 0 Å². The minimum Gasteiger partial charge on any atom is -0.324 e. The lowest BCUT2D eigenvalue weighted by molar-refractivity contribution is 0.769. The minimum absolute atomic E-state index is 0.0547. The van der Waals surface area contributed by atoms with E-state index in [0.717, 1.165) is 16.5 Å². The predicted octanol–water partition coefficient (Wildman–Crippen LogP) is 1.59. The fourth-order valence-electron chi connectivity index (χ4n) is 1.63. The number of rotatable bonds is 1. The van der Waals surface area contributed by atoms with Crippen LogP contribution in [0.15, 0.2) is 24.4 Å². The number of aryl methyl sites for hydroxylation is 1. The third-order valence-corrected chi connectivity index (χ3v) is 2.28. The van der Waals surface area contributed by atoms with Crippen LogP contribution in [0.2, 0.25) is 0 Å². The summed E-state index contributed by atoms with van der Waals surface area (Å²) in [6.45, 7) is 1.99. The van der Waals surface area contributed by atoms with Crippen molar-refractivity contribution in [3.63, 3.8) is 0 Å². The van der Waals surface area contributed by atoms with Gasteiger partial charge in [-0.2, -0.15) is 5.10 Å². The van der Waals surface area contributed by atoms with Crippen LogP contribution in [0.25, 0.3) is 10.9 Å². The van der Waals surface area contributed by atoms with Gasteiger partial charge in [0.2, 0.25) is 0 Å². The number of hydrogen-bond acceptors (Lipinski definition) is 2. The lowest BCUT2D eigenvalue weighted by atomic mass is 10.1. The molecule has 0 aliphatic heterocycles. The number of fused-ring (bicyclic) bond motifs is 1. The number of nitrogens with zero attached hydrogens (tertiary/aromatic N) is 2. The molecule has 0 aliphatic rings. The van der Waals surface area contributed by atoms with E-state index >= 15 is 0 Å². The third-order valence-electron chi connectivity index (χ3n) is 2.28. The van der Waals surface area contributed by atoms with Crippen molar-refractivity contribution in [2.75, 3.05) is 0 Å². The Morgan fingerprint density at radius 2 is 2.23 bits per heavy atom. The van der Waals surface area contributed by atoms with Gasteiger partial charge in [-0.3, -0.25) is 4.68 Å². The van der Waals surface area contributed by atoms with Crippen molar-refractivity contribution in [1.29, 1.82) is 0 Å². The molecule has 1 atom stereocenters. The Hall–Kier alpha value is -1.35. The van der Waals surface area contributed by atoms with Crippen molar-refractivity contribution in [1.82, 2.24) is 9.78 Å². The highest BCUT2D eigenvalue weighted by molar-refractivity contribution is 5.82. The van der Waals surface area contributed by atoms with Gasteiger partial charge in [-0.05, 0) is 12.5 Å². The van der Waals surface area contributed by atoms with Gasteiger partial charge >= 0.3 is 0 Å². The van der Waals surface area contributed by atoms with Crippen molar-refractivity contribution in [3.8, 4) is 0 Å². The highest BCUT2D eigenvalue weighted by Crippen LogP contribution is 2.21. The van der Waals surface area contributed by atoms with Crippen molar-refractivity contribution < 1.29 is 0 Å². The number of para-hydroxylation sites is 1. The molecule has 1 unspecified atom stereocenters. The first kappa shape index (κ1) is 8.26. The molecule has 2 rings (SSSR count). The van der Waals surface area contributed by atoms with Crippen LogP contribution in [0.3, 0.4) is 0 Å². The largest absolute Gasteiger partial charge is 0.324 e. The van der Waals surface area contributed by atoms with E-state index in [9.17, 15) is 0 Å². The number of benzene rings is 1. The molecule has 2 aromatic rings. The Morgan fingerprint density at radius 1 is 1.46 bits per heavy atom. The molecule has 1 aromatic carbocycles. The first-order chi connectivity index (χ1) is 6.20. The summed E-state index contributed by atoms with van der Waals surface area (Å²) < 4.78 is 1.87. The highest BCUT2D eigenvalue weighted by Gasteiger charge is 2.07. The van der Waals surface area contributed by atoms with Crippen molar-refractivity contribution in [2.24, 2.45) is 12.8 Å². The molecule has 0 saturated carbocycles. The fraction of sp³-hybridized carbons (Fsp3) is 0.300. The molecule has 0 bridgehead atoms. The molecule has 0 fully saturated rings. The molecular formula is C10H13N3. The van der Waals surface area contributed by atoms with Crippen LogP contribution in [-0.2, 0) is 7.05 Å². The molecule has 3 nitrogen and oxygen atoms in total. The SMILES string of the molecule is CC(N)c1cccc2cnn(C)c12. The molecule has 3 heteroatoms. The zero-order valence-electron chi connectivity index (χ0n) is 7.86. The second-order valence-electron chi connectivity index (χ2n) is 3.34. The van der Waals surface area contributed by atoms with Gasteiger partial charge in [0, 0.05) is 18.5 Å². The molecular weight excluding hydrogens is 162 g/mol. The molecule has 1 heterocycles. The second-order valence-corrected chi connectivity index (χ2v) is 3.34.